The molecule has 2 heteroatoms. The van der Waals surface area contributed by atoms with Gasteiger partial charge in [0.15, 0.2) is 0 Å². The number of hydrogen-bond acceptors (Lipinski definition) is 2. The fourth-order valence-corrected chi connectivity index (χ4v) is 2.20. The van der Waals surface area contributed by atoms with E-state index in [1.54, 1.807) is 7.11 Å². The third kappa shape index (κ3) is 3.24. The molecule has 0 amide bonds. The number of aliphatic hydroxyl groups is 1. The van der Waals surface area contributed by atoms with Gasteiger partial charge in [0.05, 0.1) is 12.7 Å². The molecule has 0 radical (unpaired) electrons. The van der Waals surface area contributed by atoms with E-state index < -0.39 is 5.60 Å². The Morgan fingerprint density at radius 3 is 2.44 bits per heavy atom. The number of ether oxygens (including phenoxy) is 1. The second kappa shape index (κ2) is 4.46. The van der Waals surface area contributed by atoms with Gasteiger partial charge in [-0.2, -0.15) is 0 Å². The van der Waals surface area contributed by atoms with Crippen LogP contribution in [0.25, 0.3) is 0 Å². The number of benzene rings is 1. The summed E-state index contributed by atoms with van der Waals surface area (Å²) in [6.07, 6.45) is 4.24. The predicted molar refractivity (Wildman–Crippen MR) is 64.7 cm³/mol. The quantitative estimate of drug-likeness (QED) is 0.826. The Morgan fingerprint density at radius 1 is 1.31 bits per heavy atom. The van der Waals surface area contributed by atoms with Gasteiger partial charge < -0.3 is 9.84 Å². The van der Waals surface area contributed by atoms with Crippen LogP contribution in [-0.2, 0) is 6.42 Å². The van der Waals surface area contributed by atoms with Gasteiger partial charge in [0.25, 0.3) is 0 Å². The van der Waals surface area contributed by atoms with Crippen LogP contribution in [0.1, 0.15) is 31.7 Å². The van der Waals surface area contributed by atoms with Gasteiger partial charge >= 0.3 is 0 Å². The Balaban J connectivity index is 1.95. The molecule has 1 aliphatic carbocycles. The molecule has 1 N–H and O–H groups in total. The summed E-state index contributed by atoms with van der Waals surface area (Å²) in [7, 11) is 1.66. The second-order valence-corrected chi connectivity index (χ2v) is 5.17. The molecule has 1 aromatic rings. The summed E-state index contributed by atoms with van der Waals surface area (Å²) in [5.41, 5.74) is 0.613. The molecule has 1 unspecified atom stereocenters. The Labute approximate surface area is 97.3 Å². The normalized spacial score (nSPS) is 19.2. The van der Waals surface area contributed by atoms with E-state index in [1.807, 2.05) is 31.2 Å². The lowest BCUT2D eigenvalue weighted by Gasteiger charge is -2.23. The zero-order valence-corrected chi connectivity index (χ0v) is 10.1. The summed E-state index contributed by atoms with van der Waals surface area (Å²) in [5, 5.41) is 10.3. The van der Waals surface area contributed by atoms with Crippen molar-refractivity contribution in [1.29, 1.82) is 0 Å². The highest BCUT2D eigenvalue weighted by Crippen LogP contribution is 2.37. The van der Waals surface area contributed by atoms with Gasteiger partial charge in [-0.15, -0.1) is 0 Å². The topological polar surface area (TPSA) is 29.5 Å². The van der Waals surface area contributed by atoms with E-state index in [1.165, 1.54) is 18.4 Å². The van der Waals surface area contributed by atoms with Crippen LogP contribution >= 0.6 is 0 Å². The maximum Gasteiger partial charge on any atom is 0.118 e. The van der Waals surface area contributed by atoms with Gasteiger partial charge in [0, 0.05) is 6.42 Å². The Hall–Kier alpha value is -1.02. The van der Waals surface area contributed by atoms with Crippen LogP contribution in [0.15, 0.2) is 24.3 Å². The Bertz CT molecular complexity index is 336. The Kier molecular flexibility index (Phi) is 3.20. The highest BCUT2D eigenvalue weighted by molar-refractivity contribution is 5.28. The molecule has 1 atom stereocenters. The first-order valence-corrected chi connectivity index (χ1v) is 5.94. The van der Waals surface area contributed by atoms with E-state index in [4.69, 9.17) is 4.74 Å². The minimum Gasteiger partial charge on any atom is -0.497 e. The van der Waals surface area contributed by atoms with Crippen molar-refractivity contribution in [3.8, 4) is 5.75 Å². The van der Waals surface area contributed by atoms with Crippen molar-refractivity contribution in [2.24, 2.45) is 5.92 Å². The van der Waals surface area contributed by atoms with Gasteiger partial charge in [-0.1, -0.05) is 25.0 Å². The monoisotopic (exact) mass is 220 g/mol. The maximum atomic E-state index is 10.3. The molecule has 0 spiro atoms. The van der Waals surface area contributed by atoms with Gasteiger partial charge in [-0.3, -0.25) is 0 Å². The van der Waals surface area contributed by atoms with E-state index in [9.17, 15) is 5.11 Å². The summed E-state index contributed by atoms with van der Waals surface area (Å²) >= 11 is 0. The van der Waals surface area contributed by atoms with Crippen LogP contribution in [0, 0.1) is 5.92 Å². The molecule has 0 heterocycles. The van der Waals surface area contributed by atoms with Gasteiger partial charge in [-0.05, 0) is 37.0 Å². The molecule has 88 valence electrons. The molecule has 1 aromatic carbocycles. The van der Waals surface area contributed by atoms with E-state index in [0.29, 0.717) is 0 Å². The van der Waals surface area contributed by atoms with Gasteiger partial charge in [0.1, 0.15) is 5.75 Å². The third-order valence-electron chi connectivity index (χ3n) is 3.17. The van der Waals surface area contributed by atoms with Gasteiger partial charge in [0.2, 0.25) is 0 Å². The predicted octanol–water partition coefficient (Wildman–Crippen LogP) is 2.79. The summed E-state index contributed by atoms with van der Waals surface area (Å²) < 4.78 is 5.11. The van der Waals surface area contributed by atoms with Crippen LogP contribution in [0.4, 0.5) is 0 Å². The summed E-state index contributed by atoms with van der Waals surface area (Å²) in [5.74, 6) is 1.62. The van der Waals surface area contributed by atoms with Crippen molar-refractivity contribution >= 4 is 0 Å². The summed E-state index contributed by atoms with van der Waals surface area (Å²) in [6, 6.07) is 7.95. The molecule has 1 saturated carbocycles. The first kappa shape index (κ1) is 11.5. The van der Waals surface area contributed by atoms with Crippen molar-refractivity contribution in [2.45, 2.75) is 38.2 Å². The molecule has 1 aliphatic rings. The molecule has 16 heavy (non-hydrogen) atoms. The highest BCUT2D eigenvalue weighted by Gasteiger charge is 2.31. The Morgan fingerprint density at radius 2 is 1.94 bits per heavy atom. The van der Waals surface area contributed by atoms with E-state index in [0.717, 1.165) is 24.5 Å². The molecular formula is C14H20O2. The zero-order valence-electron chi connectivity index (χ0n) is 10.1. The molecule has 0 aromatic heterocycles. The average molecular weight is 220 g/mol. The highest BCUT2D eigenvalue weighted by atomic mass is 16.5. The number of methoxy groups -OCH3 is 1. The lowest BCUT2D eigenvalue weighted by atomic mass is 9.91. The average Bonchev–Trinajstić information content (AvgIpc) is 3.01. The van der Waals surface area contributed by atoms with E-state index in [-0.39, 0.29) is 0 Å². The standard InChI is InChI=1S/C14H20O2/c1-14(15,9-11-3-4-11)10-12-5-7-13(16-2)8-6-12/h5-8,11,15H,3-4,9-10H2,1-2H3. The number of rotatable bonds is 5. The van der Waals surface area contributed by atoms with Crippen molar-refractivity contribution < 1.29 is 9.84 Å². The smallest absolute Gasteiger partial charge is 0.118 e. The second-order valence-electron chi connectivity index (χ2n) is 5.17. The van der Waals surface area contributed by atoms with E-state index >= 15 is 0 Å². The van der Waals surface area contributed by atoms with Crippen molar-refractivity contribution in [3.63, 3.8) is 0 Å². The zero-order chi connectivity index (χ0) is 11.6. The largest absolute Gasteiger partial charge is 0.497 e. The van der Waals surface area contributed by atoms with Crippen LogP contribution < -0.4 is 4.74 Å². The van der Waals surface area contributed by atoms with Crippen LogP contribution in [0.2, 0.25) is 0 Å². The minimum absolute atomic E-state index is 0.560. The first-order chi connectivity index (χ1) is 7.59. The fourth-order valence-electron chi connectivity index (χ4n) is 2.20. The maximum absolute atomic E-state index is 10.3. The van der Waals surface area contributed by atoms with Crippen LogP contribution in [0.5, 0.6) is 5.75 Å². The number of hydrogen-bond donors (Lipinski definition) is 1. The molecule has 0 aliphatic heterocycles. The summed E-state index contributed by atoms with van der Waals surface area (Å²) in [4.78, 5) is 0. The fraction of sp³-hybridized carbons (Fsp3) is 0.571. The lowest BCUT2D eigenvalue weighted by molar-refractivity contribution is 0.0455. The lowest BCUT2D eigenvalue weighted by Crippen LogP contribution is -2.27. The third-order valence-corrected chi connectivity index (χ3v) is 3.17. The molecule has 0 saturated heterocycles. The molecule has 2 rings (SSSR count). The van der Waals surface area contributed by atoms with E-state index in [2.05, 4.69) is 0 Å². The van der Waals surface area contributed by atoms with Crippen LogP contribution in [-0.4, -0.2) is 17.8 Å². The van der Waals surface area contributed by atoms with Crippen LogP contribution in [0.3, 0.4) is 0 Å². The van der Waals surface area contributed by atoms with Crippen molar-refractivity contribution in [2.75, 3.05) is 7.11 Å². The summed E-state index contributed by atoms with van der Waals surface area (Å²) in [6.45, 7) is 1.94. The van der Waals surface area contributed by atoms with Crippen molar-refractivity contribution in [3.05, 3.63) is 29.8 Å². The minimum atomic E-state index is -0.560. The molecular weight excluding hydrogens is 200 g/mol. The first-order valence-electron chi connectivity index (χ1n) is 5.94. The molecule has 2 nitrogen and oxygen atoms in total. The van der Waals surface area contributed by atoms with Gasteiger partial charge in [-0.25, -0.2) is 0 Å². The SMILES string of the molecule is COc1ccc(CC(C)(O)CC2CC2)cc1. The van der Waals surface area contributed by atoms with Crippen molar-refractivity contribution in [1.82, 2.24) is 0 Å². The molecule has 1 fully saturated rings. The molecule has 0 bridgehead atoms.